The number of nitrogens with zero attached hydrogens (tertiary/aromatic N) is 1. The average Bonchev–Trinajstić information content (AvgIpc) is 3.33. The van der Waals surface area contributed by atoms with Gasteiger partial charge < -0.3 is 9.47 Å². The highest BCUT2D eigenvalue weighted by Crippen LogP contribution is 2.40. The average molecular weight is 553 g/mol. The molecule has 4 atom stereocenters. The summed E-state index contributed by atoms with van der Waals surface area (Å²) >= 11 is 0. The first kappa shape index (κ1) is 28.3. The number of benzene rings is 2. The number of para-hydroxylation sites is 1. The molecule has 0 bridgehead atoms. The number of nitrogens with one attached hydrogen (secondary N) is 1. The topological polar surface area (TPSA) is 77.0 Å². The summed E-state index contributed by atoms with van der Waals surface area (Å²) in [6.07, 6.45) is 2.73. The number of hydrogen-bond acceptors (Lipinski definition) is 5. The van der Waals surface area contributed by atoms with Gasteiger partial charge in [-0.15, -0.1) is 0 Å². The van der Waals surface area contributed by atoms with E-state index in [1.54, 1.807) is 18.2 Å². The van der Waals surface area contributed by atoms with Gasteiger partial charge in [0.1, 0.15) is 24.1 Å². The Labute approximate surface area is 222 Å². The molecule has 0 unspecified atom stereocenters. The van der Waals surface area contributed by atoms with Crippen molar-refractivity contribution in [2.24, 2.45) is 28.7 Å². The van der Waals surface area contributed by atoms with E-state index in [0.717, 1.165) is 19.3 Å². The van der Waals surface area contributed by atoms with Crippen molar-refractivity contribution in [2.75, 3.05) is 11.3 Å². The molecule has 1 aliphatic heterocycles. The van der Waals surface area contributed by atoms with Crippen LogP contribution in [0.15, 0.2) is 40.2 Å². The largest absolute Gasteiger partial charge is 0.488 e. The van der Waals surface area contributed by atoms with E-state index in [1.807, 2.05) is 13.8 Å². The summed E-state index contributed by atoms with van der Waals surface area (Å²) in [6, 6.07) is 5.81. The van der Waals surface area contributed by atoms with Gasteiger partial charge in [0, 0.05) is 0 Å². The van der Waals surface area contributed by atoms with E-state index < -0.39 is 32.4 Å². The highest BCUT2D eigenvalue weighted by Gasteiger charge is 2.34. The number of rotatable bonds is 8. The molecule has 1 saturated carbocycles. The van der Waals surface area contributed by atoms with Gasteiger partial charge in [-0.25, -0.2) is 26.6 Å². The van der Waals surface area contributed by atoms with E-state index in [2.05, 4.69) is 30.5 Å². The van der Waals surface area contributed by atoms with Crippen molar-refractivity contribution in [3.05, 3.63) is 53.3 Å². The summed E-state index contributed by atoms with van der Waals surface area (Å²) in [5.41, 5.74) is 0.406. The van der Waals surface area contributed by atoms with Gasteiger partial charge in [-0.1, -0.05) is 47.1 Å². The maximum Gasteiger partial charge on any atom is 0.262 e. The highest BCUT2D eigenvalue weighted by atomic mass is 32.2. The number of halogens is 3. The predicted octanol–water partition coefficient (Wildman–Crippen LogP) is 6.55. The van der Waals surface area contributed by atoms with Crippen molar-refractivity contribution in [2.45, 2.75) is 70.9 Å². The molecule has 0 aromatic heterocycles. The van der Waals surface area contributed by atoms with Crippen LogP contribution in [0.5, 0.6) is 5.75 Å². The number of hydrogen-bond donors (Lipinski definition) is 1. The normalized spacial score (nSPS) is 23.9. The second-order valence-corrected chi connectivity index (χ2v) is 12.7. The SMILES string of the molecule is CC(C)[C@H]1CC[C@H](C)C[C@@H]1Oc1cccc(C2=N[C@@H](C(C)C)CO2)c1NS(=O)(=O)c1cc(F)c(F)c(F)c1. The van der Waals surface area contributed by atoms with Gasteiger partial charge in [0.15, 0.2) is 17.5 Å². The third-order valence-corrected chi connectivity index (χ3v) is 8.77. The molecule has 2 aromatic rings. The minimum absolute atomic E-state index is 0.0570. The zero-order chi connectivity index (χ0) is 27.8. The molecule has 6 nitrogen and oxygen atoms in total. The molecule has 208 valence electrons. The lowest BCUT2D eigenvalue weighted by Gasteiger charge is -2.37. The van der Waals surface area contributed by atoms with Crippen LogP contribution >= 0.6 is 0 Å². The molecule has 10 heteroatoms. The fraction of sp³-hybridized carbons (Fsp3) is 0.536. The van der Waals surface area contributed by atoms with Crippen LogP contribution in [0, 0.1) is 41.1 Å². The van der Waals surface area contributed by atoms with Gasteiger partial charge in [0.2, 0.25) is 5.90 Å². The quantitative estimate of drug-likeness (QED) is 0.377. The maximum absolute atomic E-state index is 13.9. The smallest absolute Gasteiger partial charge is 0.262 e. The summed E-state index contributed by atoms with van der Waals surface area (Å²) in [4.78, 5) is 3.88. The van der Waals surface area contributed by atoms with Gasteiger partial charge in [-0.05, 0) is 60.8 Å². The monoisotopic (exact) mass is 552 g/mol. The number of aliphatic imine (C=N–C) groups is 1. The van der Waals surface area contributed by atoms with Gasteiger partial charge in [0.05, 0.1) is 16.5 Å². The van der Waals surface area contributed by atoms with E-state index >= 15 is 0 Å². The first-order chi connectivity index (χ1) is 17.9. The van der Waals surface area contributed by atoms with Crippen LogP contribution in [0.1, 0.15) is 59.4 Å². The van der Waals surface area contributed by atoms with Gasteiger partial charge in [0.25, 0.3) is 10.0 Å². The molecule has 1 heterocycles. The molecule has 2 aromatic carbocycles. The molecule has 1 N–H and O–H groups in total. The second kappa shape index (κ2) is 11.2. The van der Waals surface area contributed by atoms with Crippen molar-refractivity contribution in [1.82, 2.24) is 0 Å². The van der Waals surface area contributed by atoms with E-state index in [1.165, 1.54) is 0 Å². The van der Waals surface area contributed by atoms with E-state index in [4.69, 9.17) is 9.47 Å². The molecule has 0 saturated heterocycles. The molecule has 1 fully saturated rings. The molecule has 2 aliphatic rings. The van der Waals surface area contributed by atoms with E-state index in [0.29, 0.717) is 36.1 Å². The number of anilines is 1. The molecule has 0 spiro atoms. The molecule has 0 amide bonds. The maximum atomic E-state index is 13.9. The molecule has 0 radical (unpaired) electrons. The first-order valence-corrected chi connectivity index (χ1v) is 14.5. The van der Waals surface area contributed by atoms with Gasteiger partial charge in [-0.3, -0.25) is 4.72 Å². The van der Waals surface area contributed by atoms with Crippen LogP contribution in [0.25, 0.3) is 0 Å². The summed E-state index contributed by atoms with van der Waals surface area (Å²) in [6.45, 7) is 10.8. The molecule has 4 rings (SSSR count). The molecular formula is C28H35F3N2O4S. The summed E-state index contributed by atoms with van der Waals surface area (Å²) in [5, 5.41) is 0. The lowest BCUT2D eigenvalue weighted by atomic mass is 9.75. The fourth-order valence-electron chi connectivity index (χ4n) is 5.09. The predicted molar refractivity (Wildman–Crippen MR) is 140 cm³/mol. The Morgan fingerprint density at radius 3 is 2.34 bits per heavy atom. The minimum Gasteiger partial charge on any atom is -0.488 e. The Morgan fingerprint density at radius 1 is 1.05 bits per heavy atom. The van der Waals surface area contributed by atoms with Crippen LogP contribution in [-0.4, -0.2) is 33.1 Å². The van der Waals surface area contributed by atoms with E-state index in [9.17, 15) is 21.6 Å². The summed E-state index contributed by atoms with van der Waals surface area (Å²) in [7, 11) is -4.55. The Hall–Kier alpha value is -2.75. The Bertz CT molecular complexity index is 1290. The van der Waals surface area contributed by atoms with Gasteiger partial charge >= 0.3 is 0 Å². The Kier molecular flexibility index (Phi) is 8.30. The minimum atomic E-state index is -4.55. The van der Waals surface area contributed by atoms with Crippen LogP contribution < -0.4 is 9.46 Å². The van der Waals surface area contributed by atoms with Crippen LogP contribution in [0.2, 0.25) is 0 Å². The van der Waals surface area contributed by atoms with Crippen LogP contribution in [-0.2, 0) is 14.8 Å². The first-order valence-electron chi connectivity index (χ1n) is 13.0. The Morgan fingerprint density at radius 2 is 1.74 bits per heavy atom. The molecule has 1 aliphatic carbocycles. The second-order valence-electron chi connectivity index (χ2n) is 11.0. The van der Waals surface area contributed by atoms with E-state index in [-0.39, 0.29) is 41.3 Å². The highest BCUT2D eigenvalue weighted by molar-refractivity contribution is 7.92. The molecule has 38 heavy (non-hydrogen) atoms. The van der Waals surface area contributed by atoms with Crippen molar-refractivity contribution in [3.8, 4) is 5.75 Å². The Balaban J connectivity index is 1.79. The number of ether oxygens (including phenoxy) is 2. The summed E-state index contributed by atoms with van der Waals surface area (Å²) in [5.74, 6) is -3.17. The van der Waals surface area contributed by atoms with Crippen LogP contribution in [0.3, 0.4) is 0 Å². The fourth-order valence-corrected chi connectivity index (χ4v) is 6.20. The van der Waals surface area contributed by atoms with Gasteiger partial charge in [-0.2, -0.15) is 0 Å². The van der Waals surface area contributed by atoms with Crippen molar-refractivity contribution >= 4 is 21.6 Å². The van der Waals surface area contributed by atoms with Crippen molar-refractivity contribution < 1.29 is 31.1 Å². The lowest BCUT2D eigenvalue weighted by molar-refractivity contribution is 0.0465. The third-order valence-electron chi connectivity index (χ3n) is 7.44. The summed E-state index contributed by atoms with van der Waals surface area (Å²) < 4.78 is 82.8. The zero-order valence-corrected chi connectivity index (χ0v) is 23.1. The number of sulfonamides is 1. The standard InChI is InChI=1S/C28H35F3N2O4S/c1-15(2)19-10-9-17(5)11-25(19)37-24-8-6-7-20(28-32-23(14-36-28)16(3)4)27(24)33-38(34,35)18-12-21(29)26(31)22(30)13-18/h6-8,12-13,15-17,19,23,25,33H,9-11,14H2,1-5H3/t17-,19+,23+,25-/m0/s1. The third kappa shape index (κ3) is 5.95. The zero-order valence-electron chi connectivity index (χ0n) is 22.3. The lowest BCUT2D eigenvalue weighted by Crippen LogP contribution is -2.36. The van der Waals surface area contributed by atoms with Crippen molar-refractivity contribution in [1.29, 1.82) is 0 Å². The van der Waals surface area contributed by atoms with Crippen LogP contribution in [0.4, 0.5) is 18.9 Å². The van der Waals surface area contributed by atoms with Crippen molar-refractivity contribution in [3.63, 3.8) is 0 Å². The molecular weight excluding hydrogens is 517 g/mol.